The Kier molecular flexibility index (Phi) is 8.30. The summed E-state index contributed by atoms with van der Waals surface area (Å²) in [6, 6.07) is 13.5. The van der Waals surface area contributed by atoms with Crippen LogP contribution in [-0.4, -0.2) is 37.4 Å². The monoisotopic (exact) mass is 404 g/mol. The molecule has 0 unspecified atom stereocenters. The maximum absolute atomic E-state index is 11.7. The minimum absolute atomic E-state index is 0.157. The first kappa shape index (κ1) is 21.2. The Labute approximate surface area is 168 Å². The zero-order valence-corrected chi connectivity index (χ0v) is 16.3. The molecule has 2 aromatic carbocycles. The van der Waals surface area contributed by atoms with Crippen molar-refractivity contribution < 1.29 is 23.8 Å². The molecule has 0 saturated carbocycles. The van der Waals surface area contributed by atoms with E-state index in [1.54, 1.807) is 62.4 Å². The third-order valence-electron chi connectivity index (χ3n) is 3.19. The van der Waals surface area contributed by atoms with E-state index in [0.29, 0.717) is 16.5 Å². The van der Waals surface area contributed by atoms with Crippen LogP contribution in [0.5, 0.6) is 11.5 Å². The fourth-order valence-electron chi connectivity index (χ4n) is 1.98. The molecule has 0 bridgehead atoms. The average Bonchev–Trinajstić information content (AvgIpc) is 2.66. The summed E-state index contributed by atoms with van der Waals surface area (Å²) in [4.78, 5) is 23.1. The molecular formula is C20H21ClN2O5. The summed E-state index contributed by atoms with van der Waals surface area (Å²) in [5.74, 6) is 0.244. The number of hydrazone groups is 1. The molecule has 0 heterocycles. The summed E-state index contributed by atoms with van der Waals surface area (Å²) >= 11 is 5.78. The molecule has 0 aliphatic heterocycles. The molecule has 0 spiro atoms. The molecule has 8 heteroatoms. The Morgan fingerprint density at radius 1 is 1.00 bits per heavy atom. The van der Waals surface area contributed by atoms with E-state index in [2.05, 4.69) is 10.5 Å². The molecule has 0 aromatic heterocycles. The van der Waals surface area contributed by atoms with E-state index in [9.17, 15) is 9.59 Å². The molecular weight excluding hydrogens is 384 g/mol. The first-order valence-corrected chi connectivity index (χ1v) is 8.93. The minimum atomic E-state index is -0.427. The quantitative estimate of drug-likeness (QED) is 0.394. The van der Waals surface area contributed by atoms with Crippen LogP contribution in [-0.2, 0) is 14.3 Å². The smallest absolute Gasteiger partial charge is 0.344 e. The predicted molar refractivity (Wildman–Crippen MR) is 106 cm³/mol. The first-order valence-electron chi connectivity index (χ1n) is 8.55. The van der Waals surface area contributed by atoms with Gasteiger partial charge in [-0.3, -0.25) is 4.79 Å². The number of ether oxygens (including phenoxy) is 3. The topological polar surface area (TPSA) is 86.2 Å². The zero-order valence-electron chi connectivity index (χ0n) is 15.6. The molecule has 1 amide bonds. The van der Waals surface area contributed by atoms with Gasteiger partial charge >= 0.3 is 5.97 Å². The van der Waals surface area contributed by atoms with Gasteiger partial charge in [0.15, 0.2) is 13.2 Å². The second kappa shape index (κ2) is 10.9. The normalized spacial score (nSPS) is 10.7. The standard InChI is InChI=1S/C20H21ClN2O5/c1-14(2)28-20(25)13-27-17-7-3-15(4-8-17)11-22-23-19(24)12-26-18-9-5-16(21)6-10-18/h3-11,14H,12-13H2,1-2H3,(H,23,24)/b22-11+. The number of hydrogen-bond acceptors (Lipinski definition) is 6. The van der Waals surface area contributed by atoms with Crippen molar-refractivity contribution in [1.29, 1.82) is 0 Å². The number of amides is 1. The Bertz CT molecular complexity index is 804. The fourth-order valence-corrected chi connectivity index (χ4v) is 2.11. The summed E-state index contributed by atoms with van der Waals surface area (Å²) in [5, 5.41) is 4.45. The highest BCUT2D eigenvalue weighted by Crippen LogP contribution is 2.15. The van der Waals surface area contributed by atoms with E-state index < -0.39 is 11.9 Å². The van der Waals surface area contributed by atoms with Crippen molar-refractivity contribution in [3.8, 4) is 11.5 Å². The van der Waals surface area contributed by atoms with Crippen molar-refractivity contribution in [3.63, 3.8) is 0 Å². The maximum Gasteiger partial charge on any atom is 0.344 e. The minimum Gasteiger partial charge on any atom is -0.484 e. The molecule has 0 saturated heterocycles. The first-order chi connectivity index (χ1) is 13.4. The van der Waals surface area contributed by atoms with Crippen LogP contribution in [0.15, 0.2) is 53.6 Å². The van der Waals surface area contributed by atoms with E-state index in [-0.39, 0.29) is 19.3 Å². The third-order valence-corrected chi connectivity index (χ3v) is 3.44. The highest BCUT2D eigenvalue weighted by atomic mass is 35.5. The van der Waals surface area contributed by atoms with Crippen LogP contribution in [0.3, 0.4) is 0 Å². The summed E-state index contributed by atoms with van der Waals surface area (Å²) in [5.41, 5.74) is 3.12. The summed E-state index contributed by atoms with van der Waals surface area (Å²) in [7, 11) is 0. The van der Waals surface area contributed by atoms with Crippen LogP contribution in [0.1, 0.15) is 19.4 Å². The molecule has 0 aliphatic rings. The number of esters is 1. The van der Waals surface area contributed by atoms with Crippen molar-refractivity contribution >= 4 is 29.7 Å². The Morgan fingerprint density at radius 3 is 2.18 bits per heavy atom. The van der Waals surface area contributed by atoms with Gasteiger partial charge in [0.25, 0.3) is 5.91 Å². The van der Waals surface area contributed by atoms with E-state index in [1.807, 2.05) is 0 Å². The lowest BCUT2D eigenvalue weighted by molar-refractivity contribution is -0.149. The number of benzene rings is 2. The Hall–Kier alpha value is -3.06. The van der Waals surface area contributed by atoms with Gasteiger partial charge in [0.2, 0.25) is 0 Å². The second-order valence-corrected chi connectivity index (χ2v) is 6.37. The van der Waals surface area contributed by atoms with Crippen molar-refractivity contribution in [2.45, 2.75) is 20.0 Å². The lowest BCUT2D eigenvalue weighted by atomic mass is 10.2. The van der Waals surface area contributed by atoms with Crippen LogP contribution < -0.4 is 14.9 Å². The van der Waals surface area contributed by atoms with Gasteiger partial charge in [-0.1, -0.05) is 11.6 Å². The van der Waals surface area contributed by atoms with Crippen molar-refractivity contribution in [1.82, 2.24) is 5.43 Å². The number of nitrogens with zero attached hydrogens (tertiary/aromatic N) is 1. The number of rotatable bonds is 9. The highest BCUT2D eigenvalue weighted by Gasteiger charge is 2.06. The molecule has 0 fully saturated rings. The number of carbonyl (C=O) groups is 2. The lowest BCUT2D eigenvalue weighted by Gasteiger charge is -2.09. The van der Waals surface area contributed by atoms with Crippen molar-refractivity contribution in [2.75, 3.05) is 13.2 Å². The molecule has 2 aromatic rings. The maximum atomic E-state index is 11.7. The highest BCUT2D eigenvalue weighted by molar-refractivity contribution is 6.30. The molecule has 2 rings (SSSR count). The van der Waals surface area contributed by atoms with Gasteiger partial charge in [0, 0.05) is 5.02 Å². The number of halogens is 1. The van der Waals surface area contributed by atoms with E-state index in [4.69, 9.17) is 25.8 Å². The molecule has 1 N–H and O–H groups in total. The zero-order chi connectivity index (χ0) is 20.4. The van der Waals surface area contributed by atoms with E-state index in [1.165, 1.54) is 6.21 Å². The molecule has 0 atom stereocenters. The molecule has 0 radical (unpaired) electrons. The van der Waals surface area contributed by atoms with Crippen LogP contribution >= 0.6 is 11.6 Å². The summed E-state index contributed by atoms with van der Waals surface area (Å²) in [6.45, 7) is 3.22. The van der Waals surface area contributed by atoms with Gasteiger partial charge < -0.3 is 14.2 Å². The van der Waals surface area contributed by atoms with Crippen LogP contribution in [0.4, 0.5) is 0 Å². The van der Waals surface area contributed by atoms with Crippen LogP contribution in [0.2, 0.25) is 5.02 Å². The SMILES string of the molecule is CC(C)OC(=O)COc1ccc(/C=N/NC(=O)COc2ccc(Cl)cc2)cc1. The average molecular weight is 405 g/mol. The van der Waals surface area contributed by atoms with Gasteiger partial charge in [0.1, 0.15) is 11.5 Å². The van der Waals surface area contributed by atoms with Crippen molar-refractivity contribution in [3.05, 3.63) is 59.1 Å². The molecule has 28 heavy (non-hydrogen) atoms. The Morgan fingerprint density at radius 2 is 1.57 bits per heavy atom. The number of nitrogens with one attached hydrogen (secondary N) is 1. The van der Waals surface area contributed by atoms with Gasteiger partial charge in [-0.2, -0.15) is 5.10 Å². The fraction of sp³-hybridized carbons (Fsp3) is 0.250. The van der Waals surface area contributed by atoms with Gasteiger partial charge in [0.05, 0.1) is 12.3 Å². The van der Waals surface area contributed by atoms with Crippen LogP contribution in [0, 0.1) is 0 Å². The summed E-state index contributed by atoms with van der Waals surface area (Å²) < 4.78 is 15.6. The molecule has 0 aliphatic carbocycles. The largest absolute Gasteiger partial charge is 0.484 e. The van der Waals surface area contributed by atoms with E-state index >= 15 is 0 Å². The molecule has 7 nitrogen and oxygen atoms in total. The number of hydrogen-bond donors (Lipinski definition) is 1. The van der Waals surface area contributed by atoms with Gasteiger partial charge in [-0.15, -0.1) is 0 Å². The number of carbonyl (C=O) groups excluding carboxylic acids is 2. The second-order valence-electron chi connectivity index (χ2n) is 5.93. The van der Waals surface area contributed by atoms with Gasteiger partial charge in [-0.05, 0) is 67.9 Å². The third kappa shape index (κ3) is 8.09. The Balaban J connectivity index is 1.72. The van der Waals surface area contributed by atoms with Gasteiger partial charge in [-0.25, -0.2) is 10.2 Å². The van der Waals surface area contributed by atoms with Crippen LogP contribution in [0.25, 0.3) is 0 Å². The lowest BCUT2D eigenvalue weighted by Crippen LogP contribution is -2.24. The summed E-state index contributed by atoms with van der Waals surface area (Å²) in [6.07, 6.45) is 1.30. The van der Waals surface area contributed by atoms with Crippen molar-refractivity contribution in [2.24, 2.45) is 5.10 Å². The van der Waals surface area contributed by atoms with E-state index in [0.717, 1.165) is 5.56 Å². The predicted octanol–water partition coefficient (Wildman–Crippen LogP) is 3.20. The molecule has 148 valence electrons.